The first kappa shape index (κ1) is 9.33. The largest absolute Gasteiger partial charge is 0.384 e. The fraction of sp³-hybridized carbons (Fsp3) is 0.333. The minimum Gasteiger partial charge on any atom is -0.384 e. The maximum Gasteiger partial charge on any atom is 0.271 e. The number of nitrogens with one attached hydrogen (secondary N) is 1. The van der Waals surface area contributed by atoms with Gasteiger partial charge in [-0.15, -0.1) is 11.8 Å². The van der Waals surface area contributed by atoms with Gasteiger partial charge in [-0.25, -0.2) is 0 Å². The number of hydrogen-bond donors (Lipinski definition) is 1. The molecule has 0 aromatic heterocycles. The molecule has 2 rings (SSSR count). The molecule has 0 spiro atoms. The first-order valence-corrected chi connectivity index (χ1v) is 5.41. The zero-order chi connectivity index (χ0) is 9.97. The molecule has 0 saturated heterocycles. The highest BCUT2D eigenvalue weighted by atomic mass is 32.2. The first-order valence-electron chi connectivity index (χ1n) is 4.42. The van der Waals surface area contributed by atoms with Crippen LogP contribution in [0.25, 0.3) is 0 Å². The van der Waals surface area contributed by atoms with E-state index in [0.29, 0.717) is 0 Å². The van der Waals surface area contributed by atoms with E-state index in [0.717, 1.165) is 29.3 Å². The number of nitro groups is 1. The Morgan fingerprint density at radius 3 is 3.14 bits per heavy atom. The molecule has 1 N–H and O–H groups in total. The summed E-state index contributed by atoms with van der Waals surface area (Å²) in [5.74, 6) is 1.07. The monoisotopic (exact) mass is 210 g/mol. The standard InChI is InChI=1S/C9H10N2O2S/c12-11(13)7-2-3-9-8(6-7)10-4-1-5-14-9/h2-3,6,10H,1,4-5H2. The Morgan fingerprint density at radius 1 is 1.50 bits per heavy atom. The Balaban J connectivity index is 2.37. The highest BCUT2D eigenvalue weighted by Crippen LogP contribution is 2.32. The second kappa shape index (κ2) is 3.88. The van der Waals surface area contributed by atoms with E-state index in [4.69, 9.17) is 0 Å². The lowest BCUT2D eigenvalue weighted by atomic mass is 10.3. The third kappa shape index (κ3) is 1.82. The number of nitrogens with zero attached hydrogens (tertiary/aromatic N) is 1. The van der Waals surface area contributed by atoms with Crippen molar-refractivity contribution in [2.45, 2.75) is 11.3 Å². The Bertz CT molecular complexity index is 368. The zero-order valence-electron chi connectivity index (χ0n) is 7.53. The topological polar surface area (TPSA) is 55.2 Å². The van der Waals surface area contributed by atoms with E-state index in [9.17, 15) is 10.1 Å². The minimum atomic E-state index is -0.364. The molecule has 74 valence electrons. The van der Waals surface area contributed by atoms with E-state index >= 15 is 0 Å². The summed E-state index contributed by atoms with van der Waals surface area (Å²) in [6.07, 6.45) is 1.09. The van der Waals surface area contributed by atoms with Gasteiger partial charge in [0.1, 0.15) is 0 Å². The Hall–Kier alpha value is -1.23. The highest BCUT2D eigenvalue weighted by molar-refractivity contribution is 7.99. The van der Waals surface area contributed by atoms with Crippen LogP contribution in [0.2, 0.25) is 0 Å². The lowest BCUT2D eigenvalue weighted by molar-refractivity contribution is -0.384. The van der Waals surface area contributed by atoms with Crippen LogP contribution in [-0.2, 0) is 0 Å². The summed E-state index contributed by atoms with van der Waals surface area (Å²) < 4.78 is 0. The average molecular weight is 210 g/mol. The van der Waals surface area contributed by atoms with Crippen LogP contribution in [0, 0.1) is 10.1 Å². The SMILES string of the molecule is O=[N+]([O-])c1ccc2c(c1)NCCCS2. The van der Waals surface area contributed by atoms with Gasteiger partial charge in [-0.1, -0.05) is 0 Å². The molecule has 0 fully saturated rings. The van der Waals surface area contributed by atoms with Gasteiger partial charge >= 0.3 is 0 Å². The predicted octanol–water partition coefficient (Wildman–Crippen LogP) is 2.50. The molecule has 0 saturated carbocycles. The van der Waals surface area contributed by atoms with Crippen molar-refractivity contribution in [1.82, 2.24) is 0 Å². The molecule has 0 radical (unpaired) electrons. The highest BCUT2D eigenvalue weighted by Gasteiger charge is 2.12. The van der Waals surface area contributed by atoms with Gasteiger partial charge in [0, 0.05) is 23.6 Å². The number of hydrogen-bond acceptors (Lipinski definition) is 4. The van der Waals surface area contributed by atoms with Gasteiger partial charge in [0.15, 0.2) is 0 Å². The molecule has 1 aromatic rings. The van der Waals surface area contributed by atoms with Crippen LogP contribution in [0.4, 0.5) is 11.4 Å². The van der Waals surface area contributed by atoms with Crippen molar-refractivity contribution in [2.24, 2.45) is 0 Å². The normalized spacial score (nSPS) is 15.1. The van der Waals surface area contributed by atoms with Crippen molar-refractivity contribution < 1.29 is 4.92 Å². The number of anilines is 1. The molecule has 0 aliphatic carbocycles. The number of rotatable bonds is 1. The van der Waals surface area contributed by atoms with Crippen LogP contribution in [0.3, 0.4) is 0 Å². The van der Waals surface area contributed by atoms with Crippen LogP contribution in [0.5, 0.6) is 0 Å². The second-order valence-corrected chi connectivity index (χ2v) is 4.20. The van der Waals surface area contributed by atoms with Crippen molar-refractivity contribution in [1.29, 1.82) is 0 Å². The van der Waals surface area contributed by atoms with Gasteiger partial charge in [-0.2, -0.15) is 0 Å². The Morgan fingerprint density at radius 2 is 2.36 bits per heavy atom. The van der Waals surface area contributed by atoms with Gasteiger partial charge < -0.3 is 5.32 Å². The van der Waals surface area contributed by atoms with E-state index in [1.165, 1.54) is 0 Å². The van der Waals surface area contributed by atoms with Gasteiger partial charge in [0.25, 0.3) is 5.69 Å². The summed E-state index contributed by atoms with van der Waals surface area (Å²) in [6.45, 7) is 0.890. The Kier molecular flexibility index (Phi) is 2.58. The maximum atomic E-state index is 10.5. The van der Waals surface area contributed by atoms with E-state index in [-0.39, 0.29) is 10.6 Å². The number of benzene rings is 1. The third-order valence-electron chi connectivity index (χ3n) is 2.07. The summed E-state index contributed by atoms with van der Waals surface area (Å²) in [5, 5.41) is 13.7. The fourth-order valence-electron chi connectivity index (χ4n) is 1.37. The third-order valence-corrected chi connectivity index (χ3v) is 3.23. The molecule has 0 atom stereocenters. The summed E-state index contributed by atoms with van der Waals surface area (Å²) in [4.78, 5) is 11.3. The van der Waals surface area contributed by atoms with Crippen LogP contribution in [-0.4, -0.2) is 17.2 Å². The van der Waals surface area contributed by atoms with Crippen molar-refractivity contribution in [3.63, 3.8) is 0 Å². The lowest BCUT2D eigenvalue weighted by Crippen LogP contribution is -2.00. The summed E-state index contributed by atoms with van der Waals surface area (Å²) in [7, 11) is 0. The van der Waals surface area contributed by atoms with E-state index in [2.05, 4.69) is 5.32 Å². The molecular weight excluding hydrogens is 200 g/mol. The van der Waals surface area contributed by atoms with Gasteiger partial charge in [0.2, 0.25) is 0 Å². The van der Waals surface area contributed by atoms with E-state index < -0.39 is 0 Å². The maximum absolute atomic E-state index is 10.5. The van der Waals surface area contributed by atoms with Crippen LogP contribution in [0.1, 0.15) is 6.42 Å². The number of non-ortho nitro benzene ring substituents is 1. The summed E-state index contributed by atoms with van der Waals surface area (Å²) in [5.41, 5.74) is 1.04. The summed E-state index contributed by atoms with van der Waals surface area (Å²) >= 11 is 1.74. The second-order valence-electron chi connectivity index (χ2n) is 3.07. The predicted molar refractivity (Wildman–Crippen MR) is 56.9 cm³/mol. The smallest absolute Gasteiger partial charge is 0.271 e. The van der Waals surface area contributed by atoms with Crippen molar-refractivity contribution in [3.8, 4) is 0 Å². The molecule has 0 bridgehead atoms. The molecule has 5 heteroatoms. The van der Waals surface area contributed by atoms with Gasteiger partial charge in [-0.3, -0.25) is 10.1 Å². The van der Waals surface area contributed by atoms with Gasteiger partial charge in [0.05, 0.1) is 10.6 Å². The quantitative estimate of drug-likeness (QED) is 0.571. The van der Waals surface area contributed by atoms with Crippen molar-refractivity contribution in [3.05, 3.63) is 28.3 Å². The van der Waals surface area contributed by atoms with Crippen LogP contribution >= 0.6 is 11.8 Å². The molecule has 1 aromatic carbocycles. The molecule has 1 aliphatic heterocycles. The number of fused-ring (bicyclic) bond motifs is 1. The van der Waals surface area contributed by atoms with Crippen LogP contribution < -0.4 is 5.32 Å². The van der Waals surface area contributed by atoms with Gasteiger partial charge in [-0.05, 0) is 18.2 Å². The van der Waals surface area contributed by atoms with Crippen LogP contribution in [0.15, 0.2) is 23.1 Å². The first-order chi connectivity index (χ1) is 6.77. The average Bonchev–Trinajstić information content (AvgIpc) is 2.41. The molecule has 14 heavy (non-hydrogen) atoms. The molecule has 0 amide bonds. The zero-order valence-corrected chi connectivity index (χ0v) is 8.34. The van der Waals surface area contributed by atoms with Crippen molar-refractivity contribution in [2.75, 3.05) is 17.6 Å². The summed E-state index contributed by atoms with van der Waals surface area (Å²) in [6, 6.07) is 4.98. The molecule has 0 unspecified atom stereocenters. The number of nitro benzene ring substituents is 1. The molecule has 1 aliphatic rings. The minimum absolute atomic E-state index is 0.152. The Labute approximate surface area is 85.8 Å². The van der Waals surface area contributed by atoms with E-state index in [1.807, 2.05) is 6.07 Å². The molecule has 1 heterocycles. The van der Waals surface area contributed by atoms with E-state index in [1.54, 1.807) is 23.9 Å². The van der Waals surface area contributed by atoms with Crippen molar-refractivity contribution >= 4 is 23.1 Å². The number of thioether (sulfide) groups is 1. The lowest BCUT2D eigenvalue weighted by Gasteiger charge is -2.05. The fourth-order valence-corrected chi connectivity index (χ4v) is 2.33. The molecule has 4 nitrogen and oxygen atoms in total. The molecular formula is C9H10N2O2S.